The highest BCUT2D eigenvalue weighted by atomic mass is 31.2. The van der Waals surface area contributed by atoms with Gasteiger partial charge in [0.15, 0.2) is 6.10 Å². The van der Waals surface area contributed by atoms with Gasteiger partial charge in [0.05, 0.1) is 32.0 Å². The van der Waals surface area contributed by atoms with Crippen molar-refractivity contribution in [3.63, 3.8) is 0 Å². The topological polar surface area (TPSA) is 189 Å². The molecular formula is C42H71O12P. The molecule has 0 aliphatic carbocycles. The van der Waals surface area contributed by atoms with Crippen LogP contribution >= 0.6 is 7.82 Å². The smallest absolute Gasteiger partial charge is 0.462 e. The van der Waals surface area contributed by atoms with E-state index in [4.69, 9.17) is 19.1 Å². The largest absolute Gasteiger partial charge is 0.472 e. The third-order valence-electron chi connectivity index (χ3n) is 7.98. The lowest BCUT2D eigenvalue weighted by Crippen LogP contribution is -2.29. The predicted octanol–water partition coefficient (Wildman–Crippen LogP) is 7.90. The number of esters is 2. The Morgan fingerprint density at radius 2 is 1.24 bits per heavy atom. The van der Waals surface area contributed by atoms with Crippen molar-refractivity contribution in [2.75, 3.05) is 26.4 Å². The van der Waals surface area contributed by atoms with E-state index in [1.54, 1.807) is 42.5 Å². The number of ether oxygens (including phenoxy) is 2. The molecule has 0 aliphatic heterocycles. The number of phosphoric ester groups is 1. The fourth-order valence-electron chi connectivity index (χ4n) is 4.85. The molecule has 5 atom stereocenters. The van der Waals surface area contributed by atoms with E-state index in [2.05, 4.69) is 18.4 Å². The molecule has 1 unspecified atom stereocenters. The van der Waals surface area contributed by atoms with E-state index in [0.717, 1.165) is 31.6 Å². The molecule has 55 heavy (non-hydrogen) atoms. The Hall–Kier alpha value is -2.67. The maximum Gasteiger partial charge on any atom is 0.472 e. The molecule has 0 aliphatic rings. The SMILES string of the molecule is CC/C=C\C[C@H](O)/C=C/C=C\C=C\[C@H](O)C/C=C\C/C=C\CCC(=O)O[C@H](COC(=O)CCCCCCCCCCC(C)C)COP(=O)(O)OC[C@@H](O)CO. The number of hydrogen-bond acceptors (Lipinski definition) is 11. The lowest BCUT2D eigenvalue weighted by Gasteiger charge is -2.20. The molecule has 5 N–H and O–H groups in total. The van der Waals surface area contributed by atoms with Gasteiger partial charge >= 0.3 is 19.8 Å². The van der Waals surface area contributed by atoms with Crippen molar-refractivity contribution in [2.45, 2.75) is 148 Å². The van der Waals surface area contributed by atoms with Crippen molar-refractivity contribution >= 4 is 19.8 Å². The summed E-state index contributed by atoms with van der Waals surface area (Å²) in [5, 5.41) is 38.2. The molecular weight excluding hydrogens is 727 g/mol. The molecule has 0 saturated carbocycles. The van der Waals surface area contributed by atoms with E-state index < -0.39 is 64.0 Å². The molecule has 0 aromatic carbocycles. The number of carbonyl (C=O) groups is 2. The van der Waals surface area contributed by atoms with Gasteiger partial charge in [0.1, 0.15) is 12.7 Å². The minimum absolute atomic E-state index is 0.000549. The standard InChI is InChI=1S/C42H71O12P/c1-4-5-18-26-37(44)28-21-16-17-22-29-38(45)27-20-13-10-11-15-24-31-42(48)54-40(35-53-55(49,50)52-33-39(46)32-43)34-51-41(47)30-23-14-9-7-6-8-12-19-25-36(2)3/h5,11,13,15-18,20-22,28-29,36-40,43-46H,4,6-10,12,14,19,23-27,30-35H2,1-3H3,(H,49,50)/b15-11-,17-16-,18-5-,20-13-,28-21+,29-22+/t37-,38+,39-,40+/m0/s1. The van der Waals surface area contributed by atoms with Crippen molar-refractivity contribution in [1.82, 2.24) is 0 Å². The summed E-state index contributed by atoms with van der Waals surface area (Å²) in [6.45, 7) is 4.21. The van der Waals surface area contributed by atoms with Crippen LogP contribution in [0, 0.1) is 5.92 Å². The summed E-state index contributed by atoms with van der Waals surface area (Å²) in [6.07, 6.45) is 31.1. The Labute approximate surface area is 330 Å². The second-order valence-electron chi connectivity index (χ2n) is 13.8. The second kappa shape index (κ2) is 35.7. The molecule has 0 amide bonds. The Bertz CT molecular complexity index is 1190. The van der Waals surface area contributed by atoms with Crippen molar-refractivity contribution in [3.05, 3.63) is 72.9 Å². The number of rotatable bonds is 35. The van der Waals surface area contributed by atoms with Gasteiger partial charge in [0.25, 0.3) is 0 Å². The van der Waals surface area contributed by atoms with Gasteiger partial charge in [0, 0.05) is 12.8 Å². The van der Waals surface area contributed by atoms with Crippen LogP contribution in [0.5, 0.6) is 0 Å². The zero-order valence-corrected chi connectivity index (χ0v) is 34.4. The van der Waals surface area contributed by atoms with Gasteiger partial charge < -0.3 is 34.8 Å². The predicted molar refractivity (Wildman–Crippen MR) is 217 cm³/mol. The lowest BCUT2D eigenvalue weighted by atomic mass is 10.0. The average Bonchev–Trinajstić information content (AvgIpc) is 3.14. The van der Waals surface area contributed by atoms with Crippen LogP contribution in [0.15, 0.2) is 72.9 Å². The second-order valence-corrected chi connectivity index (χ2v) is 15.3. The molecule has 0 aromatic rings. The maximum atomic E-state index is 12.5. The third-order valence-corrected chi connectivity index (χ3v) is 8.93. The van der Waals surface area contributed by atoms with Crippen LogP contribution in [-0.4, -0.2) is 88.1 Å². The number of phosphoric acid groups is 1. The van der Waals surface area contributed by atoms with E-state index in [-0.39, 0.29) is 19.4 Å². The summed E-state index contributed by atoms with van der Waals surface area (Å²) in [5.41, 5.74) is 0. The summed E-state index contributed by atoms with van der Waals surface area (Å²) in [5.74, 6) is -0.356. The Balaban J connectivity index is 4.62. The molecule has 0 saturated heterocycles. The average molecular weight is 799 g/mol. The van der Waals surface area contributed by atoms with E-state index >= 15 is 0 Å². The Kier molecular flexibility index (Phi) is 34.0. The fraction of sp³-hybridized carbons (Fsp3) is 0.667. The minimum atomic E-state index is -4.66. The summed E-state index contributed by atoms with van der Waals surface area (Å²) >= 11 is 0. The van der Waals surface area contributed by atoms with Gasteiger partial charge in [-0.15, -0.1) is 0 Å². The molecule has 316 valence electrons. The van der Waals surface area contributed by atoms with Crippen LogP contribution in [0.2, 0.25) is 0 Å². The summed E-state index contributed by atoms with van der Waals surface area (Å²) in [4.78, 5) is 34.8. The molecule has 0 spiro atoms. The van der Waals surface area contributed by atoms with Crippen molar-refractivity contribution in [2.24, 2.45) is 5.92 Å². The van der Waals surface area contributed by atoms with Crippen LogP contribution in [0.1, 0.15) is 124 Å². The highest BCUT2D eigenvalue weighted by Crippen LogP contribution is 2.43. The number of carbonyl (C=O) groups excluding carboxylic acids is 2. The maximum absolute atomic E-state index is 12.5. The Morgan fingerprint density at radius 1 is 0.673 bits per heavy atom. The van der Waals surface area contributed by atoms with Gasteiger partial charge in [0.2, 0.25) is 0 Å². The molecule has 0 fully saturated rings. The van der Waals surface area contributed by atoms with Crippen molar-refractivity contribution < 1.29 is 58.0 Å². The molecule has 0 aromatic heterocycles. The zero-order chi connectivity index (χ0) is 41.0. The number of unbranched alkanes of at least 4 members (excludes halogenated alkanes) is 7. The van der Waals surface area contributed by atoms with Crippen LogP contribution in [-0.2, 0) is 32.7 Å². The van der Waals surface area contributed by atoms with Crippen molar-refractivity contribution in [1.29, 1.82) is 0 Å². The first-order valence-corrected chi connectivity index (χ1v) is 21.5. The molecule has 13 heteroatoms. The minimum Gasteiger partial charge on any atom is -0.462 e. The van der Waals surface area contributed by atoms with Crippen LogP contribution < -0.4 is 0 Å². The molecule has 0 bridgehead atoms. The monoisotopic (exact) mass is 798 g/mol. The quantitative estimate of drug-likeness (QED) is 0.0137. The van der Waals surface area contributed by atoms with Gasteiger partial charge in [-0.1, -0.05) is 145 Å². The van der Waals surface area contributed by atoms with E-state index in [1.165, 1.54) is 32.1 Å². The number of allylic oxidation sites excluding steroid dienone is 8. The van der Waals surface area contributed by atoms with E-state index in [9.17, 15) is 34.4 Å². The van der Waals surface area contributed by atoms with Crippen LogP contribution in [0.3, 0.4) is 0 Å². The number of hydrogen-bond donors (Lipinski definition) is 5. The normalized spacial score (nSPS) is 15.9. The number of aliphatic hydroxyl groups excluding tert-OH is 4. The first kappa shape index (κ1) is 52.3. The number of aliphatic hydroxyl groups is 4. The van der Waals surface area contributed by atoms with Gasteiger partial charge in [-0.2, -0.15) is 0 Å². The Morgan fingerprint density at radius 3 is 1.84 bits per heavy atom. The van der Waals surface area contributed by atoms with Gasteiger partial charge in [-0.25, -0.2) is 4.57 Å². The van der Waals surface area contributed by atoms with Gasteiger partial charge in [-0.05, 0) is 44.4 Å². The summed E-state index contributed by atoms with van der Waals surface area (Å²) < 4.78 is 32.4. The summed E-state index contributed by atoms with van der Waals surface area (Å²) in [6, 6.07) is 0. The molecule has 0 radical (unpaired) electrons. The van der Waals surface area contributed by atoms with E-state index in [1.807, 2.05) is 37.3 Å². The molecule has 0 rings (SSSR count). The third kappa shape index (κ3) is 36.7. The van der Waals surface area contributed by atoms with Crippen LogP contribution in [0.25, 0.3) is 0 Å². The first-order valence-electron chi connectivity index (χ1n) is 20.0. The fourth-order valence-corrected chi connectivity index (χ4v) is 5.64. The van der Waals surface area contributed by atoms with Crippen LogP contribution in [0.4, 0.5) is 0 Å². The summed E-state index contributed by atoms with van der Waals surface area (Å²) in [7, 11) is -4.66. The lowest BCUT2D eigenvalue weighted by molar-refractivity contribution is -0.161. The molecule has 0 heterocycles. The first-order chi connectivity index (χ1) is 26.4. The van der Waals surface area contributed by atoms with Crippen molar-refractivity contribution in [3.8, 4) is 0 Å². The molecule has 12 nitrogen and oxygen atoms in total. The van der Waals surface area contributed by atoms with E-state index in [0.29, 0.717) is 32.1 Å². The van der Waals surface area contributed by atoms with Gasteiger partial charge in [-0.3, -0.25) is 18.6 Å². The zero-order valence-electron chi connectivity index (χ0n) is 33.5. The highest BCUT2D eigenvalue weighted by molar-refractivity contribution is 7.47. The highest BCUT2D eigenvalue weighted by Gasteiger charge is 2.27.